The lowest BCUT2D eigenvalue weighted by molar-refractivity contribution is -0.140. The molecule has 188 valence electrons. The Morgan fingerprint density at radius 3 is 2.35 bits per heavy atom. The van der Waals surface area contributed by atoms with Crippen LogP contribution in [0.3, 0.4) is 0 Å². The van der Waals surface area contributed by atoms with E-state index in [1.165, 1.54) is 42.1 Å². The summed E-state index contributed by atoms with van der Waals surface area (Å²) in [5, 5.41) is 22.8. The standard InChI is InChI=1S/C25H18F3N5O4/c1-14-21(20-10-11-30-33(20)18-8-6-16(13-29)7-9-18)22(34)32(15(2)23(35)36)24(37)31(14)19-5-3-4-17(12-19)25(26,27)28/h3-12,15H,1-2H3,(H,35,36)/t15-/m1/s1. The first-order valence-corrected chi connectivity index (χ1v) is 10.8. The Morgan fingerprint density at radius 2 is 1.76 bits per heavy atom. The molecule has 0 spiro atoms. The average molecular weight is 509 g/mol. The molecule has 37 heavy (non-hydrogen) atoms. The summed E-state index contributed by atoms with van der Waals surface area (Å²) in [4.78, 5) is 38.7. The SMILES string of the molecule is Cc1c(-c2ccnn2-c2ccc(C#N)cc2)c(=O)n([C@H](C)C(=O)O)c(=O)n1-c1cccc(C(F)(F)F)c1. The normalized spacial score (nSPS) is 12.2. The van der Waals surface area contributed by atoms with Crippen LogP contribution >= 0.6 is 0 Å². The minimum absolute atomic E-state index is 0.0152. The summed E-state index contributed by atoms with van der Waals surface area (Å²) in [6.45, 7) is 2.50. The minimum atomic E-state index is -4.70. The van der Waals surface area contributed by atoms with Crippen molar-refractivity contribution in [2.75, 3.05) is 0 Å². The van der Waals surface area contributed by atoms with Gasteiger partial charge in [0.2, 0.25) is 0 Å². The predicted molar refractivity (Wildman–Crippen MR) is 126 cm³/mol. The number of hydrogen-bond donors (Lipinski definition) is 1. The molecule has 1 atom stereocenters. The third-order valence-electron chi connectivity index (χ3n) is 5.84. The Balaban J connectivity index is 2.08. The molecule has 4 rings (SSSR count). The highest BCUT2D eigenvalue weighted by atomic mass is 19.4. The molecule has 2 heterocycles. The van der Waals surface area contributed by atoms with Crippen molar-refractivity contribution in [2.45, 2.75) is 26.1 Å². The zero-order valence-corrected chi connectivity index (χ0v) is 19.4. The van der Waals surface area contributed by atoms with E-state index in [9.17, 15) is 32.7 Å². The molecule has 0 bridgehead atoms. The number of carboxylic acids is 1. The van der Waals surface area contributed by atoms with Crippen LogP contribution in [0.15, 0.2) is 70.4 Å². The van der Waals surface area contributed by atoms with Gasteiger partial charge in [0.15, 0.2) is 0 Å². The third kappa shape index (κ3) is 4.42. The second-order valence-electron chi connectivity index (χ2n) is 8.10. The molecule has 9 nitrogen and oxygen atoms in total. The maximum Gasteiger partial charge on any atom is 0.416 e. The molecule has 2 aromatic heterocycles. The maximum absolute atomic E-state index is 13.6. The van der Waals surface area contributed by atoms with Gasteiger partial charge in [0.05, 0.1) is 46.0 Å². The van der Waals surface area contributed by atoms with Crippen molar-refractivity contribution < 1.29 is 23.1 Å². The second-order valence-corrected chi connectivity index (χ2v) is 8.10. The molecular weight excluding hydrogens is 491 g/mol. The van der Waals surface area contributed by atoms with E-state index in [1.54, 1.807) is 12.1 Å². The molecule has 0 saturated heterocycles. The fourth-order valence-electron chi connectivity index (χ4n) is 3.97. The Hall–Kier alpha value is -4.92. The summed E-state index contributed by atoms with van der Waals surface area (Å²) in [5.74, 6) is -1.48. The van der Waals surface area contributed by atoms with Gasteiger partial charge in [-0.25, -0.2) is 18.8 Å². The number of alkyl halides is 3. The topological polar surface area (TPSA) is 123 Å². The van der Waals surface area contributed by atoms with Crippen molar-refractivity contribution >= 4 is 5.97 Å². The number of hydrogen-bond acceptors (Lipinski definition) is 5. The van der Waals surface area contributed by atoms with E-state index in [-0.39, 0.29) is 22.6 Å². The van der Waals surface area contributed by atoms with Gasteiger partial charge in [0.25, 0.3) is 5.56 Å². The summed E-state index contributed by atoms with van der Waals surface area (Å²) in [5.41, 5.74) is -2.43. The van der Waals surface area contributed by atoms with Crippen molar-refractivity contribution in [1.29, 1.82) is 5.26 Å². The number of carbonyl (C=O) groups is 1. The molecule has 0 aliphatic rings. The molecule has 4 aromatic rings. The molecule has 0 radical (unpaired) electrons. The number of nitrogens with zero attached hydrogens (tertiary/aromatic N) is 5. The quantitative estimate of drug-likeness (QED) is 0.438. The molecule has 0 unspecified atom stereocenters. The van der Waals surface area contributed by atoms with Gasteiger partial charge in [-0.05, 0) is 62.4 Å². The fourth-order valence-corrected chi connectivity index (χ4v) is 3.97. The molecule has 1 N–H and O–H groups in total. The Morgan fingerprint density at radius 1 is 1.08 bits per heavy atom. The van der Waals surface area contributed by atoms with Crippen LogP contribution in [0.25, 0.3) is 22.6 Å². The van der Waals surface area contributed by atoms with E-state index in [2.05, 4.69) is 5.10 Å². The molecular formula is C25H18F3N5O4. The van der Waals surface area contributed by atoms with Crippen LogP contribution in [-0.4, -0.2) is 30.0 Å². The summed E-state index contributed by atoms with van der Waals surface area (Å²) in [6, 6.07) is 12.0. The number of aliphatic carboxylic acids is 1. The van der Waals surface area contributed by atoms with Crippen molar-refractivity contribution in [3.63, 3.8) is 0 Å². The number of carboxylic acid groups (broad SMARTS) is 1. The second kappa shape index (κ2) is 9.27. The van der Waals surface area contributed by atoms with Crippen molar-refractivity contribution in [2.24, 2.45) is 0 Å². The molecule has 2 aromatic carbocycles. The van der Waals surface area contributed by atoms with E-state index in [1.807, 2.05) is 6.07 Å². The first-order chi connectivity index (χ1) is 17.5. The minimum Gasteiger partial charge on any atom is -0.480 e. The lowest BCUT2D eigenvalue weighted by atomic mass is 10.1. The van der Waals surface area contributed by atoms with E-state index in [0.29, 0.717) is 15.8 Å². The molecule has 0 saturated carbocycles. The van der Waals surface area contributed by atoms with Gasteiger partial charge in [0.1, 0.15) is 6.04 Å². The van der Waals surface area contributed by atoms with Crippen LogP contribution in [-0.2, 0) is 11.0 Å². The number of rotatable bonds is 5. The largest absolute Gasteiger partial charge is 0.480 e. The number of nitriles is 1. The third-order valence-corrected chi connectivity index (χ3v) is 5.84. The monoisotopic (exact) mass is 509 g/mol. The lowest BCUT2D eigenvalue weighted by Gasteiger charge is -2.20. The fraction of sp³-hybridized carbons (Fsp3) is 0.160. The highest BCUT2D eigenvalue weighted by Crippen LogP contribution is 2.31. The summed E-state index contributed by atoms with van der Waals surface area (Å²) in [7, 11) is 0. The maximum atomic E-state index is 13.6. The van der Waals surface area contributed by atoms with E-state index >= 15 is 0 Å². The Kier molecular flexibility index (Phi) is 6.31. The summed E-state index contributed by atoms with van der Waals surface area (Å²) >= 11 is 0. The molecule has 0 aliphatic carbocycles. The highest BCUT2D eigenvalue weighted by Gasteiger charge is 2.32. The Bertz CT molecular complexity index is 1670. The molecule has 0 aliphatic heterocycles. The van der Waals surface area contributed by atoms with Gasteiger partial charge in [-0.2, -0.15) is 23.5 Å². The molecule has 0 amide bonds. The zero-order valence-electron chi connectivity index (χ0n) is 19.4. The van der Waals surface area contributed by atoms with Gasteiger partial charge >= 0.3 is 17.8 Å². The van der Waals surface area contributed by atoms with E-state index in [4.69, 9.17) is 5.26 Å². The number of halogens is 3. The molecule has 0 fully saturated rings. The van der Waals surface area contributed by atoms with Crippen LogP contribution in [0, 0.1) is 18.3 Å². The van der Waals surface area contributed by atoms with Gasteiger partial charge in [-0.15, -0.1) is 0 Å². The van der Waals surface area contributed by atoms with E-state index in [0.717, 1.165) is 29.7 Å². The average Bonchev–Trinajstić information content (AvgIpc) is 3.33. The van der Waals surface area contributed by atoms with Gasteiger partial charge in [-0.1, -0.05) is 6.07 Å². The van der Waals surface area contributed by atoms with Gasteiger partial charge in [0, 0.05) is 5.69 Å². The Labute approximate surface area is 206 Å². The first-order valence-electron chi connectivity index (χ1n) is 10.8. The van der Waals surface area contributed by atoms with Crippen LogP contribution < -0.4 is 11.2 Å². The highest BCUT2D eigenvalue weighted by molar-refractivity contribution is 5.72. The van der Waals surface area contributed by atoms with E-state index < -0.39 is 35.0 Å². The molecule has 12 heteroatoms. The number of benzene rings is 2. The van der Waals surface area contributed by atoms with Crippen LogP contribution in [0.2, 0.25) is 0 Å². The van der Waals surface area contributed by atoms with Crippen LogP contribution in [0.1, 0.15) is 29.8 Å². The summed E-state index contributed by atoms with van der Waals surface area (Å²) < 4.78 is 42.9. The summed E-state index contributed by atoms with van der Waals surface area (Å²) in [6.07, 6.45) is -3.33. The van der Waals surface area contributed by atoms with Crippen LogP contribution in [0.5, 0.6) is 0 Å². The first kappa shape index (κ1) is 25.2. The van der Waals surface area contributed by atoms with Gasteiger partial charge < -0.3 is 5.11 Å². The lowest BCUT2D eigenvalue weighted by Crippen LogP contribution is -2.45. The van der Waals surface area contributed by atoms with Crippen molar-refractivity contribution in [3.05, 3.63) is 98.5 Å². The predicted octanol–water partition coefficient (Wildman–Crippen LogP) is 3.70. The zero-order chi connectivity index (χ0) is 27.1. The van der Waals surface area contributed by atoms with Crippen molar-refractivity contribution in [3.8, 4) is 28.7 Å². The van der Waals surface area contributed by atoms with Gasteiger partial charge in [-0.3, -0.25) is 9.36 Å². The van der Waals surface area contributed by atoms with Crippen molar-refractivity contribution in [1.82, 2.24) is 18.9 Å². The van der Waals surface area contributed by atoms with Crippen LogP contribution in [0.4, 0.5) is 13.2 Å². The number of aromatic nitrogens is 4. The smallest absolute Gasteiger partial charge is 0.416 e.